The zero-order chi connectivity index (χ0) is 15.8. The van der Waals surface area contributed by atoms with Crippen molar-refractivity contribution in [2.45, 2.75) is 12.8 Å². The fraction of sp³-hybridized carbons (Fsp3) is 0.100. The van der Waals surface area contributed by atoms with Crippen LogP contribution in [0.3, 0.4) is 0 Å². The molecule has 0 aliphatic carbocycles. The zero-order valence-electron chi connectivity index (χ0n) is 12.5. The minimum absolute atomic E-state index is 0.100. The Labute approximate surface area is 130 Å². The predicted molar refractivity (Wildman–Crippen MR) is 89.5 cm³/mol. The summed E-state index contributed by atoms with van der Waals surface area (Å²) in [4.78, 5) is 23.8. The molecule has 0 spiro atoms. The van der Waals surface area contributed by atoms with Crippen LogP contribution in [0.2, 0.25) is 0 Å². The molecule has 2 rings (SSSR count). The molecule has 0 N–H and O–H groups in total. The van der Waals surface area contributed by atoms with Crippen molar-refractivity contribution in [2.75, 3.05) is 0 Å². The summed E-state index contributed by atoms with van der Waals surface area (Å²) in [6.45, 7) is 1.80. The van der Waals surface area contributed by atoms with E-state index in [1.807, 2.05) is 60.7 Å². The highest BCUT2D eigenvalue weighted by Crippen LogP contribution is 2.23. The van der Waals surface area contributed by atoms with Gasteiger partial charge < -0.3 is 4.79 Å². The van der Waals surface area contributed by atoms with E-state index >= 15 is 0 Å². The molecule has 0 saturated carbocycles. The monoisotopic (exact) mass is 290 g/mol. The van der Waals surface area contributed by atoms with E-state index in [9.17, 15) is 9.59 Å². The first-order valence-corrected chi connectivity index (χ1v) is 7.20. The Morgan fingerprint density at radius 1 is 0.955 bits per heavy atom. The lowest BCUT2D eigenvalue weighted by atomic mass is 9.93. The van der Waals surface area contributed by atoms with Crippen LogP contribution < -0.4 is 0 Å². The Morgan fingerprint density at radius 2 is 1.55 bits per heavy atom. The first-order chi connectivity index (χ1) is 10.8. The van der Waals surface area contributed by atoms with Crippen molar-refractivity contribution in [2.24, 2.45) is 0 Å². The number of hydrogen-bond donors (Lipinski definition) is 0. The van der Waals surface area contributed by atoms with Crippen LogP contribution in [0.5, 0.6) is 0 Å². The van der Waals surface area contributed by atoms with Crippen LogP contribution in [0.15, 0.2) is 78.9 Å². The van der Waals surface area contributed by atoms with Crippen LogP contribution in [-0.4, -0.2) is 12.1 Å². The number of carbonyl (C=O) groups is 2. The first kappa shape index (κ1) is 15.6. The van der Waals surface area contributed by atoms with E-state index in [0.29, 0.717) is 5.57 Å². The molecule has 0 heterocycles. The molecular formula is C20H18O2. The zero-order valence-corrected chi connectivity index (χ0v) is 12.5. The third-order valence-electron chi connectivity index (χ3n) is 3.35. The molecule has 2 heteroatoms. The summed E-state index contributed by atoms with van der Waals surface area (Å²) in [7, 11) is 0. The lowest BCUT2D eigenvalue weighted by Gasteiger charge is -2.10. The van der Waals surface area contributed by atoms with Crippen LogP contribution in [0, 0.1) is 0 Å². The topological polar surface area (TPSA) is 34.1 Å². The second-order valence-electron chi connectivity index (χ2n) is 4.88. The van der Waals surface area contributed by atoms with E-state index in [1.54, 1.807) is 19.1 Å². The van der Waals surface area contributed by atoms with Crippen molar-refractivity contribution in [3.05, 3.63) is 90.0 Å². The highest BCUT2D eigenvalue weighted by Gasteiger charge is 2.14. The van der Waals surface area contributed by atoms with Gasteiger partial charge in [0, 0.05) is 5.57 Å². The fourth-order valence-electron chi connectivity index (χ4n) is 2.25. The summed E-state index contributed by atoms with van der Waals surface area (Å²) in [6.07, 6.45) is 5.82. The maximum atomic E-state index is 12.4. The summed E-state index contributed by atoms with van der Waals surface area (Å²) in [5, 5.41) is 0. The van der Waals surface area contributed by atoms with Gasteiger partial charge >= 0.3 is 0 Å². The quantitative estimate of drug-likeness (QED) is 0.590. The largest absolute Gasteiger partial charge is 0.302 e. The normalized spacial score (nSPS) is 13.0. The Hall–Kier alpha value is -2.74. The lowest BCUT2D eigenvalue weighted by Crippen LogP contribution is -2.03. The van der Waals surface area contributed by atoms with Gasteiger partial charge in [-0.3, -0.25) is 4.79 Å². The molecule has 0 saturated heterocycles. The molecule has 0 fully saturated rings. The molecule has 0 aromatic heterocycles. The van der Waals surface area contributed by atoms with E-state index in [0.717, 1.165) is 17.4 Å². The second kappa shape index (κ2) is 7.89. The van der Waals surface area contributed by atoms with Gasteiger partial charge in [-0.1, -0.05) is 72.8 Å². The van der Waals surface area contributed by atoms with Crippen LogP contribution >= 0.6 is 0 Å². The summed E-state index contributed by atoms with van der Waals surface area (Å²) < 4.78 is 0. The Balaban J connectivity index is 2.47. The summed E-state index contributed by atoms with van der Waals surface area (Å²) in [5.41, 5.74) is 2.23. The molecule has 0 bridgehead atoms. The van der Waals surface area contributed by atoms with Gasteiger partial charge in [0.2, 0.25) is 0 Å². The number of allylic oxidation sites excluding steroid dienone is 4. The van der Waals surface area contributed by atoms with Crippen LogP contribution in [-0.2, 0) is 9.59 Å². The highest BCUT2D eigenvalue weighted by molar-refractivity contribution is 6.26. The molecule has 2 nitrogen and oxygen atoms in total. The first-order valence-electron chi connectivity index (χ1n) is 7.20. The molecule has 22 heavy (non-hydrogen) atoms. The van der Waals surface area contributed by atoms with E-state index in [4.69, 9.17) is 0 Å². The molecule has 0 amide bonds. The standard InChI is InChI=1S/C20H18O2/c1-2-9-20(22)19(17-12-7-4-8-13-17)14-18(15-21)16-10-5-3-6-11-16/h2-15,18H,1H3. The second-order valence-corrected chi connectivity index (χ2v) is 4.88. The maximum absolute atomic E-state index is 12.4. The number of hydrogen-bond acceptors (Lipinski definition) is 2. The fourth-order valence-corrected chi connectivity index (χ4v) is 2.25. The summed E-state index contributed by atoms with van der Waals surface area (Å²) in [6, 6.07) is 18.9. The lowest BCUT2D eigenvalue weighted by molar-refractivity contribution is -0.109. The van der Waals surface area contributed by atoms with Gasteiger partial charge in [0.15, 0.2) is 5.78 Å². The molecule has 110 valence electrons. The molecule has 0 radical (unpaired) electrons. The minimum atomic E-state index is -0.439. The van der Waals surface area contributed by atoms with Crippen LogP contribution in [0.25, 0.3) is 5.57 Å². The molecule has 0 aliphatic rings. The number of rotatable bonds is 6. The van der Waals surface area contributed by atoms with Gasteiger partial charge in [-0.15, -0.1) is 0 Å². The van der Waals surface area contributed by atoms with Crippen molar-refractivity contribution in [1.82, 2.24) is 0 Å². The van der Waals surface area contributed by atoms with Gasteiger partial charge in [0.1, 0.15) is 6.29 Å². The van der Waals surface area contributed by atoms with Crippen molar-refractivity contribution in [3.63, 3.8) is 0 Å². The van der Waals surface area contributed by atoms with Gasteiger partial charge in [-0.2, -0.15) is 0 Å². The number of benzene rings is 2. The van der Waals surface area contributed by atoms with Gasteiger partial charge in [0.05, 0.1) is 5.92 Å². The third kappa shape index (κ3) is 3.89. The number of carbonyl (C=O) groups excluding carboxylic acids is 2. The molecular weight excluding hydrogens is 272 g/mol. The van der Waals surface area contributed by atoms with Crippen molar-refractivity contribution in [3.8, 4) is 0 Å². The van der Waals surface area contributed by atoms with Gasteiger partial charge in [0.25, 0.3) is 0 Å². The molecule has 2 aromatic rings. The average molecular weight is 290 g/mol. The molecule has 1 unspecified atom stereocenters. The van der Waals surface area contributed by atoms with Crippen molar-refractivity contribution < 1.29 is 9.59 Å². The molecule has 1 atom stereocenters. The number of ketones is 1. The summed E-state index contributed by atoms with van der Waals surface area (Å²) >= 11 is 0. The average Bonchev–Trinajstić information content (AvgIpc) is 2.57. The molecule has 2 aromatic carbocycles. The smallest absolute Gasteiger partial charge is 0.185 e. The van der Waals surface area contributed by atoms with Crippen LogP contribution in [0.1, 0.15) is 24.0 Å². The predicted octanol–water partition coefficient (Wildman–Crippen LogP) is 4.20. The van der Waals surface area contributed by atoms with E-state index in [2.05, 4.69) is 0 Å². The van der Waals surface area contributed by atoms with E-state index < -0.39 is 5.92 Å². The van der Waals surface area contributed by atoms with Gasteiger partial charge in [-0.05, 0) is 24.1 Å². The van der Waals surface area contributed by atoms with Crippen LogP contribution in [0.4, 0.5) is 0 Å². The Kier molecular flexibility index (Phi) is 5.61. The van der Waals surface area contributed by atoms with E-state index in [-0.39, 0.29) is 5.78 Å². The van der Waals surface area contributed by atoms with Gasteiger partial charge in [-0.25, -0.2) is 0 Å². The van der Waals surface area contributed by atoms with Crippen molar-refractivity contribution in [1.29, 1.82) is 0 Å². The van der Waals surface area contributed by atoms with Crippen molar-refractivity contribution >= 4 is 17.6 Å². The summed E-state index contributed by atoms with van der Waals surface area (Å²) in [5.74, 6) is -0.540. The Bertz CT molecular complexity index is 682. The minimum Gasteiger partial charge on any atom is -0.302 e. The maximum Gasteiger partial charge on any atom is 0.185 e. The number of aldehydes is 1. The Morgan fingerprint density at radius 3 is 2.09 bits per heavy atom. The van der Waals surface area contributed by atoms with E-state index in [1.165, 1.54) is 6.08 Å². The SMILES string of the molecule is CC=CC(=O)C(=CC(C=O)c1ccccc1)c1ccccc1. The molecule has 0 aliphatic heterocycles. The third-order valence-corrected chi connectivity index (χ3v) is 3.35. The highest BCUT2D eigenvalue weighted by atomic mass is 16.1.